The fourth-order valence-electron chi connectivity index (χ4n) is 4.55. The van der Waals surface area contributed by atoms with Gasteiger partial charge >= 0.3 is 0 Å². The second kappa shape index (κ2) is 10.7. The van der Waals surface area contributed by atoms with Crippen molar-refractivity contribution < 1.29 is 9.47 Å². The van der Waals surface area contributed by atoms with Crippen LogP contribution in [0.2, 0.25) is 0 Å². The van der Waals surface area contributed by atoms with Crippen molar-refractivity contribution in [1.82, 2.24) is 10.6 Å². The van der Waals surface area contributed by atoms with Crippen LogP contribution in [0.4, 0.5) is 0 Å². The van der Waals surface area contributed by atoms with Crippen LogP contribution in [0.25, 0.3) is 0 Å². The molecule has 4 nitrogen and oxygen atoms in total. The molecule has 1 heterocycles. The Morgan fingerprint density at radius 2 is 1.32 bits per heavy atom. The monoisotopic (exact) mass is 416 g/mol. The maximum absolute atomic E-state index is 6.26. The molecule has 2 N–H and O–H groups in total. The highest BCUT2D eigenvalue weighted by Crippen LogP contribution is 2.37. The number of benzene rings is 3. The van der Waals surface area contributed by atoms with Gasteiger partial charge in [-0.2, -0.15) is 0 Å². The van der Waals surface area contributed by atoms with E-state index in [0.717, 1.165) is 19.5 Å². The normalized spacial score (nSPS) is 19.3. The molecule has 0 amide bonds. The zero-order chi connectivity index (χ0) is 21.4. The summed E-state index contributed by atoms with van der Waals surface area (Å²) >= 11 is 0. The zero-order valence-electron chi connectivity index (χ0n) is 18.2. The molecule has 4 rings (SSSR count). The average Bonchev–Trinajstić information content (AvgIpc) is 2.85. The summed E-state index contributed by atoms with van der Waals surface area (Å²) in [4.78, 5) is 0. The van der Waals surface area contributed by atoms with Crippen LogP contribution >= 0.6 is 0 Å². The lowest BCUT2D eigenvalue weighted by atomic mass is 9.76. The number of piperidine rings is 1. The Hall–Kier alpha value is -2.50. The van der Waals surface area contributed by atoms with Crippen molar-refractivity contribution in [2.24, 2.45) is 0 Å². The Morgan fingerprint density at radius 3 is 1.81 bits per heavy atom. The van der Waals surface area contributed by atoms with E-state index in [1.165, 1.54) is 16.7 Å². The Labute approximate surface area is 185 Å². The van der Waals surface area contributed by atoms with Gasteiger partial charge in [-0.25, -0.2) is 0 Å². The second-order valence-electron chi connectivity index (χ2n) is 7.99. The lowest BCUT2D eigenvalue weighted by Crippen LogP contribution is -2.60. The highest BCUT2D eigenvalue weighted by atomic mass is 16.5. The van der Waals surface area contributed by atoms with Crippen molar-refractivity contribution in [2.75, 3.05) is 33.4 Å². The van der Waals surface area contributed by atoms with E-state index in [-0.39, 0.29) is 12.1 Å². The summed E-state index contributed by atoms with van der Waals surface area (Å²) in [6.07, 6.45) is 1.09. The summed E-state index contributed by atoms with van der Waals surface area (Å²) < 4.78 is 11.5. The van der Waals surface area contributed by atoms with Gasteiger partial charge in [0.05, 0.1) is 24.9 Å². The minimum absolute atomic E-state index is 0.118. The van der Waals surface area contributed by atoms with Gasteiger partial charge in [0, 0.05) is 19.7 Å². The molecule has 2 atom stereocenters. The van der Waals surface area contributed by atoms with Crippen molar-refractivity contribution in [1.29, 1.82) is 0 Å². The van der Waals surface area contributed by atoms with E-state index in [2.05, 4.69) is 102 Å². The largest absolute Gasteiger partial charge is 0.382 e. The minimum atomic E-state index is -0.490. The molecule has 1 aliphatic heterocycles. The predicted octanol–water partition coefficient (Wildman–Crippen LogP) is 3.96. The lowest BCUT2D eigenvalue weighted by Gasteiger charge is -2.43. The van der Waals surface area contributed by atoms with Crippen LogP contribution in [0.5, 0.6) is 0 Å². The first-order chi connectivity index (χ1) is 15.3. The third-order valence-corrected chi connectivity index (χ3v) is 6.06. The molecule has 0 saturated carbocycles. The van der Waals surface area contributed by atoms with Gasteiger partial charge in [0.2, 0.25) is 0 Å². The van der Waals surface area contributed by atoms with Crippen molar-refractivity contribution in [3.8, 4) is 0 Å². The molecule has 4 heteroatoms. The smallest absolute Gasteiger partial charge is 0.0951 e. The SMILES string of the molecule is COCCO[C@@H]1CCNC[C@@H]1NC(c1ccccc1)(c1ccccc1)c1ccccc1. The number of methoxy groups -OCH3 is 1. The number of ether oxygens (including phenoxy) is 2. The van der Waals surface area contributed by atoms with Crippen LogP contribution < -0.4 is 10.6 Å². The van der Waals surface area contributed by atoms with E-state index in [0.29, 0.717) is 13.2 Å². The molecule has 31 heavy (non-hydrogen) atoms. The molecule has 0 spiro atoms. The topological polar surface area (TPSA) is 42.5 Å². The first kappa shape index (κ1) is 21.7. The van der Waals surface area contributed by atoms with Gasteiger partial charge in [0.15, 0.2) is 0 Å². The van der Waals surface area contributed by atoms with Crippen LogP contribution in [-0.4, -0.2) is 45.6 Å². The van der Waals surface area contributed by atoms with Gasteiger partial charge < -0.3 is 14.8 Å². The summed E-state index contributed by atoms with van der Waals surface area (Å²) in [5.41, 5.74) is 3.16. The molecule has 0 unspecified atom stereocenters. The van der Waals surface area contributed by atoms with E-state index in [1.807, 2.05) is 0 Å². The summed E-state index contributed by atoms with van der Waals surface area (Å²) in [5.74, 6) is 0. The molecule has 0 bridgehead atoms. The van der Waals surface area contributed by atoms with E-state index in [4.69, 9.17) is 9.47 Å². The molecule has 0 aromatic heterocycles. The third kappa shape index (κ3) is 4.89. The van der Waals surface area contributed by atoms with E-state index in [1.54, 1.807) is 7.11 Å². The van der Waals surface area contributed by atoms with Crippen LogP contribution in [0.1, 0.15) is 23.1 Å². The molecule has 0 aliphatic carbocycles. The highest BCUT2D eigenvalue weighted by Gasteiger charge is 2.40. The molecule has 1 aliphatic rings. The van der Waals surface area contributed by atoms with Crippen molar-refractivity contribution >= 4 is 0 Å². The highest BCUT2D eigenvalue weighted by molar-refractivity contribution is 5.49. The zero-order valence-corrected chi connectivity index (χ0v) is 18.2. The van der Waals surface area contributed by atoms with Gasteiger partial charge in [-0.05, 0) is 29.7 Å². The van der Waals surface area contributed by atoms with Crippen LogP contribution in [0.3, 0.4) is 0 Å². The minimum Gasteiger partial charge on any atom is -0.382 e. The average molecular weight is 417 g/mol. The predicted molar refractivity (Wildman–Crippen MR) is 125 cm³/mol. The number of hydrogen-bond donors (Lipinski definition) is 2. The van der Waals surface area contributed by atoms with Crippen LogP contribution in [0.15, 0.2) is 91.0 Å². The first-order valence-electron chi connectivity index (χ1n) is 11.1. The van der Waals surface area contributed by atoms with Crippen LogP contribution in [-0.2, 0) is 15.0 Å². The molecule has 162 valence electrons. The lowest BCUT2D eigenvalue weighted by molar-refractivity contribution is -0.0174. The molecule has 3 aromatic rings. The van der Waals surface area contributed by atoms with Crippen LogP contribution in [0, 0.1) is 0 Å². The Kier molecular flexibility index (Phi) is 7.49. The Bertz CT molecular complexity index is 806. The van der Waals surface area contributed by atoms with E-state index >= 15 is 0 Å². The summed E-state index contributed by atoms with van der Waals surface area (Å²) in [7, 11) is 1.72. The standard InChI is InChI=1S/C27H32N2O2/c1-30-19-20-31-26-17-18-28-21-25(26)29-27(22-11-5-2-6-12-22,23-13-7-3-8-14-23)24-15-9-4-10-16-24/h2-16,25-26,28-29H,17-21H2,1H3/t25-,26+/m0/s1. The van der Waals surface area contributed by atoms with Gasteiger partial charge in [-0.1, -0.05) is 91.0 Å². The third-order valence-electron chi connectivity index (χ3n) is 6.06. The number of nitrogens with one attached hydrogen (secondary N) is 2. The molecular formula is C27H32N2O2. The van der Waals surface area contributed by atoms with E-state index < -0.39 is 5.54 Å². The van der Waals surface area contributed by atoms with Gasteiger partial charge in [-0.3, -0.25) is 5.32 Å². The molecule has 1 saturated heterocycles. The van der Waals surface area contributed by atoms with E-state index in [9.17, 15) is 0 Å². The summed E-state index contributed by atoms with van der Waals surface area (Å²) in [6.45, 7) is 3.03. The van der Waals surface area contributed by atoms with Gasteiger partial charge in [-0.15, -0.1) is 0 Å². The first-order valence-corrected chi connectivity index (χ1v) is 11.1. The second-order valence-corrected chi connectivity index (χ2v) is 7.99. The fourth-order valence-corrected chi connectivity index (χ4v) is 4.55. The van der Waals surface area contributed by atoms with Gasteiger partial charge in [0.25, 0.3) is 0 Å². The fraction of sp³-hybridized carbons (Fsp3) is 0.333. The van der Waals surface area contributed by atoms with Gasteiger partial charge in [0.1, 0.15) is 0 Å². The Morgan fingerprint density at radius 1 is 0.806 bits per heavy atom. The molecule has 0 radical (unpaired) electrons. The number of hydrogen-bond acceptors (Lipinski definition) is 4. The molecular weight excluding hydrogens is 384 g/mol. The molecule has 1 fully saturated rings. The quantitative estimate of drug-likeness (QED) is 0.409. The number of rotatable bonds is 9. The van der Waals surface area contributed by atoms with Crippen molar-refractivity contribution in [3.63, 3.8) is 0 Å². The Balaban J connectivity index is 1.80. The maximum Gasteiger partial charge on any atom is 0.0951 e. The van der Waals surface area contributed by atoms with Crippen molar-refractivity contribution in [3.05, 3.63) is 108 Å². The summed E-state index contributed by atoms with van der Waals surface area (Å²) in [5, 5.41) is 7.63. The molecule has 3 aromatic carbocycles. The maximum atomic E-state index is 6.26. The summed E-state index contributed by atoms with van der Waals surface area (Å²) in [6, 6.07) is 32.3. The van der Waals surface area contributed by atoms with Crippen molar-refractivity contribution in [2.45, 2.75) is 24.1 Å².